The van der Waals surface area contributed by atoms with Crippen molar-refractivity contribution in [2.75, 3.05) is 21.3 Å². The monoisotopic (exact) mass is 371 g/mol. The van der Waals surface area contributed by atoms with E-state index in [9.17, 15) is 8.42 Å². The van der Waals surface area contributed by atoms with Crippen molar-refractivity contribution in [3.05, 3.63) is 47.0 Å². The maximum absolute atomic E-state index is 12.3. The Balaban J connectivity index is 2.23. The Labute approximate surface area is 146 Å². The number of nitrogens with one attached hydrogen (secondary N) is 1. The van der Waals surface area contributed by atoms with Gasteiger partial charge in [0.2, 0.25) is 15.8 Å². The van der Waals surface area contributed by atoms with E-state index in [-0.39, 0.29) is 11.4 Å². The average Bonchev–Trinajstić information content (AvgIpc) is 2.59. The molecule has 2 aromatic carbocycles. The molecule has 0 fully saturated rings. The van der Waals surface area contributed by atoms with Gasteiger partial charge < -0.3 is 14.2 Å². The number of sulfonamides is 1. The first-order chi connectivity index (χ1) is 11.4. The molecule has 0 saturated heterocycles. The molecule has 6 nitrogen and oxygen atoms in total. The van der Waals surface area contributed by atoms with E-state index in [2.05, 4.69) is 4.72 Å². The molecule has 0 aliphatic rings. The van der Waals surface area contributed by atoms with E-state index in [1.165, 1.54) is 45.6 Å². The number of hydrogen-bond donors (Lipinski definition) is 1. The summed E-state index contributed by atoms with van der Waals surface area (Å²) in [6.07, 6.45) is 0. The molecule has 0 aliphatic heterocycles. The molecule has 2 aromatic rings. The molecule has 0 aromatic heterocycles. The van der Waals surface area contributed by atoms with E-state index < -0.39 is 10.0 Å². The molecule has 0 aliphatic carbocycles. The lowest BCUT2D eigenvalue weighted by molar-refractivity contribution is 0.323. The van der Waals surface area contributed by atoms with Gasteiger partial charge in [0.05, 0.1) is 26.2 Å². The normalized spacial score (nSPS) is 11.2. The quantitative estimate of drug-likeness (QED) is 0.810. The molecule has 0 unspecified atom stereocenters. The predicted octanol–water partition coefficient (Wildman–Crippen LogP) is 2.84. The molecule has 0 bridgehead atoms. The standard InChI is InChI=1S/C16H18ClNO5S/c1-21-14-8-11(9-15(22-2)16(14)23-3)10-18-24(19,20)13-6-4-12(17)5-7-13/h4-9,18H,10H2,1-3H3. The largest absolute Gasteiger partial charge is 0.493 e. The highest BCUT2D eigenvalue weighted by atomic mass is 35.5. The fourth-order valence-electron chi connectivity index (χ4n) is 2.11. The summed E-state index contributed by atoms with van der Waals surface area (Å²) in [6.45, 7) is 0.0711. The second-order valence-electron chi connectivity index (χ2n) is 4.81. The van der Waals surface area contributed by atoms with Crippen LogP contribution in [0.1, 0.15) is 5.56 Å². The van der Waals surface area contributed by atoms with Gasteiger partial charge in [0.1, 0.15) is 0 Å². The zero-order valence-corrected chi connectivity index (χ0v) is 15.1. The number of hydrogen-bond acceptors (Lipinski definition) is 5. The topological polar surface area (TPSA) is 73.9 Å². The summed E-state index contributed by atoms with van der Waals surface area (Å²) in [7, 11) is 0.850. The number of methoxy groups -OCH3 is 3. The van der Waals surface area contributed by atoms with Crippen molar-refractivity contribution in [3.8, 4) is 17.2 Å². The van der Waals surface area contributed by atoms with Crippen LogP contribution in [0.2, 0.25) is 5.02 Å². The lowest BCUT2D eigenvalue weighted by Crippen LogP contribution is -2.23. The summed E-state index contributed by atoms with van der Waals surface area (Å²) < 4.78 is 42.9. The van der Waals surface area contributed by atoms with Gasteiger partial charge in [-0.3, -0.25) is 0 Å². The van der Waals surface area contributed by atoms with Crippen molar-refractivity contribution >= 4 is 21.6 Å². The molecular formula is C16H18ClNO5S. The molecule has 8 heteroatoms. The van der Waals surface area contributed by atoms with Crippen LogP contribution in [-0.2, 0) is 16.6 Å². The Bertz CT molecular complexity index is 781. The summed E-state index contributed by atoms with van der Waals surface area (Å²) in [4.78, 5) is 0.138. The predicted molar refractivity (Wildman–Crippen MR) is 91.6 cm³/mol. The van der Waals surface area contributed by atoms with Crippen LogP contribution in [0.25, 0.3) is 0 Å². The first kappa shape index (κ1) is 18.4. The fraction of sp³-hybridized carbons (Fsp3) is 0.250. The lowest BCUT2D eigenvalue weighted by Gasteiger charge is -2.14. The summed E-state index contributed by atoms with van der Waals surface area (Å²) in [5.74, 6) is 1.36. The lowest BCUT2D eigenvalue weighted by atomic mass is 10.2. The van der Waals surface area contributed by atoms with E-state index in [1.54, 1.807) is 12.1 Å². The molecule has 24 heavy (non-hydrogen) atoms. The number of rotatable bonds is 7. The van der Waals surface area contributed by atoms with Crippen LogP contribution in [0.15, 0.2) is 41.3 Å². The molecule has 2 rings (SSSR count). The van der Waals surface area contributed by atoms with Crippen LogP contribution in [-0.4, -0.2) is 29.7 Å². The Morgan fingerprint density at radius 1 is 0.958 bits per heavy atom. The maximum atomic E-state index is 12.3. The van der Waals surface area contributed by atoms with Crippen LogP contribution in [0.4, 0.5) is 0 Å². The van der Waals surface area contributed by atoms with E-state index >= 15 is 0 Å². The Morgan fingerprint density at radius 2 is 1.50 bits per heavy atom. The smallest absolute Gasteiger partial charge is 0.240 e. The van der Waals surface area contributed by atoms with Gasteiger partial charge in [0.25, 0.3) is 0 Å². The third-order valence-electron chi connectivity index (χ3n) is 3.31. The number of halogens is 1. The van der Waals surface area contributed by atoms with Gasteiger partial charge in [0, 0.05) is 11.6 Å². The van der Waals surface area contributed by atoms with Crippen LogP contribution in [0, 0.1) is 0 Å². The Kier molecular flexibility index (Phi) is 5.93. The van der Waals surface area contributed by atoms with Gasteiger partial charge in [0.15, 0.2) is 11.5 Å². The fourth-order valence-corrected chi connectivity index (χ4v) is 3.26. The maximum Gasteiger partial charge on any atom is 0.240 e. The molecule has 1 N–H and O–H groups in total. The first-order valence-electron chi connectivity index (χ1n) is 6.95. The van der Waals surface area contributed by atoms with Gasteiger partial charge in [-0.25, -0.2) is 13.1 Å². The van der Waals surface area contributed by atoms with Crippen molar-refractivity contribution in [1.82, 2.24) is 4.72 Å². The zero-order chi connectivity index (χ0) is 17.7. The highest BCUT2D eigenvalue weighted by Crippen LogP contribution is 2.38. The minimum atomic E-state index is -3.65. The molecular weight excluding hydrogens is 354 g/mol. The molecule has 0 heterocycles. The van der Waals surface area contributed by atoms with E-state index in [1.807, 2.05) is 0 Å². The van der Waals surface area contributed by atoms with Gasteiger partial charge in [-0.15, -0.1) is 0 Å². The molecule has 0 spiro atoms. The van der Waals surface area contributed by atoms with Crippen LogP contribution in [0.5, 0.6) is 17.2 Å². The van der Waals surface area contributed by atoms with Gasteiger partial charge >= 0.3 is 0 Å². The summed E-state index contributed by atoms with van der Waals surface area (Å²) in [5.41, 5.74) is 0.669. The van der Waals surface area contributed by atoms with Crippen LogP contribution >= 0.6 is 11.6 Å². The van der Waals surface area contributed by atoms with Gasteiger partial charge in [-0.05, 0) is 42.0 Å². The summed E-state index contributed by atoms with van der Waals surface area (Å²) in [5, 5.41) is 0.471. The van der Waals surface area contributed by atoms with Crippen molar-refractivity contribution in [3.63, 3.8) is 0 Å². The second-order valence-corrected chi connectivity index (χ2v) is 7.02. The third-order valence-corrected chi connectivity index (χ3v) is 4.98. The average molecular weight is 372 g/mol. The Hall–Kier alpha value is -1.96. The second kappa shape index (κ2) is 7.74. The molecule has 130 valence electrons. The third kappa shape index (κ3) is 4.11. The summed E-state index contributed by atoms with van der Waals surface area (Å²) in [6, 6.07) is 9.31. The minimum Gasteiger partial charge on any atom is -0.493 e. The van der Waals surface area contributed by atoms with E-state index in [0.29, 0.717) is 27.8 Å². The van der Waals surface area contributed by atoms with Crippen molar-refractivity contribution in [2.24, 2.45) is 0 Å². The van der Waals surface area contributed by atoms with Crippen molar-refractivity contribution < 1.29 is 22.6 Å². The summed E-state index contributed by atoms with van der Waals surface area (Å²) >= 11 is 5.78. The van der Waals surface area contributed by atoms with Gasteiger partial charge in [-0.1, -0.05) is 11.6 Å². The van der Waals surface area contributed by atoms with Crippen LogP contribution in [0.3, 0.4) is 0 Å². The Morgan fingerprint density at radius 3 is 1.96 bits per heavy atom. The SMILES string of the molecule is COc1cc(CNS(=O)(=O)c2ccc(Cl)cc2)cc(OC)c1OC. The molecule has 0 atom stereocenters. The van der Waals surface area contributed by atoms with E-state index in [4.69, 9.17) is 25.8 Å². The number of benzene rings is 2. The van der Waals surface area contributed by atoms with Crippen LogP contribution < -0.4 is 18.9 Å². The van der Waals surface area contributed by atoms with Crippen molar-refractivity contribution in [2.45, 2.75) is 11.4 Å². The molecule has 0 radical (unpaired) electrons. The van der Waals surface area contributed by atoms with Gasteiger partial charge in [-0.2, -0.15) is 0 Å². The van der Waals surface area contributed by atoms with E-state index in [0.717, 1.165) is 0 Å². The molecule has 0 amide bonds. The first-order valence-corrected chi connectivity index (χ1v) is 8.81. The highest BCUT2D eigenvalue weighted by molar-refractivity contribution is 7.89. The number of ether oxygens (including phenoxy) is 3. The minimum absolute atomic E-state index is 0.0711. The molecule has 0 saturated carbocycles. The zero-order valence-electron chi connectivity index (χ0n) is 13.5. The van der Waals surface area contributed by atoms with Crippen molar-refractivity contribution in [1.29, 1.82) is 0 Å². The highest BCUT2D eigenvalue weighted by Gasteiger charge is 2.16.